The number of nitrogens with zero attached hydrogens (tertiary/aromatic N) is 3. The zero-order valence-corrected chi connectivity index (χ0v) is 14.7. The zero-order valence-electron chi connectivity index (χ0n) is 14.7. The Balaban J connectivity index is 1.67. The van der Waals surface area contributed by atoms with E-state index in [1.165, 1.54) is 10.9 Å². The first-order valence-corrected chi connectivity index (χ1v) is 8.59. The Morgan fingerprint density at radius 3 is 2.88 bits per heavy atom. The molecule has 0 radical (unpaired) electrons. The molecule has 0 saturated heterocycles. The Morgan fingerprint density at radius 2 is 2.08 bits per heavy atom. The van der Waals surface area contributed by atoms with Crippen molar-refractivity contribution in [1.29, 1.82) is 0 Å². The van der Waals surface area contributed by atoms with Gasteiger partial charge in [0, 0.05) is 47.0 Å². The highest BCUT2D eigenvalue weighted by Crippen LogP contribution is 2.25. The molecule has 0 spiro atoms. The molecule has 0 unspecified atom stereocenters. The Bertz CT molecular complexity index is 1040. The third-order valence-electron chi connectivity index (χ3n) is 4.42. The molecule has 132 valence electrons. The van der Waals surface area contributed by atoms with Gasteiger partial charge >= 0.3 is 0 Å². The van der Waals surface area contributed by atoms with E-state index in [0.29, 0.717) is 24.0 Å². The fraction of sp³-hybridized carbons (Fsp3) is 0.211. The van der Waals surface area contributed by atoms with Gasteiger partial charge in [0.05, 0.1) is 0 Å². The number of H-pyrrole nitrogens is 2. The Labute approximate surface area is 151 Å². The van der Waals surface area contributed by atoms with Crippen LogP contribution in [0.3, 0.4) is 0 Å². The minimum absolute atomic E-state index is 0.232. The van der Waals surface area contributed by atoms with Gasteiger partial charge < -0.3 is 16.0 Å². The van der Waals surface area contributed by atoms with Gasteiger partial charge in [0.2, 0.25) is 5.95 Å². The van der Waals surface area contributed by atoms with E-state index in [1.807, 2.05) is 18.3 Å². The molecule has 0 aliphatic rings. The van der Waals surface area contributed by atoms with E-state index in [9.17, 15) is 0 Å². The van der Waals surface area contributed by atoms with Crippen LogP contribution >= 0.6 is 0 Å². The van der Waals surface area contributed by atoms with Gasteiger partial charge in [0.1, 0.15) is 5.82 Å². The van der Waals surface area contributed by atoms with Gasteiger partial charge in [-0.3, -0.25) is 5.10 Å². The van der Waals surface area contributed by atoms with Crippen LogP contribution in [0.25, 0.3) is 10.9 Å². The highest BCUT2D eigenvalue weighted by Gasteiger charge is 2.12. The van der Waals surface area contributed by atoms with Gasteiger partial charge in [-0.1, -0.05) is 26.0 Å². The highest BCUT2D eigenvalue weighted by molar-refractivity contribution is 5.83. The molecular formula is C19H21N7. The summed E-state index contributed by atoms with van der Waals surface area (Å²) in [6, 6.07) is 10.3. The predicted molar refractivity (Wildman–Crippen MR) is 104 cm³/mol. The van der Waals surface area contributed by atoms with Gasteiger partial charge in [0.15, 0.2) is 5.82 Å². The maximum absolute atomic E-state index is 5.81. The minimum Gasteiger partial charge on any atom is -0.368 e. The van der Waals surface area contributed by atoms with Crippen molar-refractivity contribution in [3.05, 3.63) is 59.5 Å². The molecule has 3 aromatic heterocycles. The predicted octanol–water partition coefficient (Wildman–Crippen LogP) is 3.72. The topological polar surface area (TPSA) is 108 Å². The molecule has 0 atom stereocenters. The lowest BCUT2D eigenvalue weighted by Crippen LogP contribution is -2.05. The molecule has 1 aromatic carbocycles. The Hall–Kier alpha value is -3.35. The molecule has 7 heteroatoms. The second kappa shape index (κ2) is 6.51. The van der Waals surface area contributed by atoms with E-state index in [1.54, 1.807) is 6.20 Å². The molecular weight excluding hydrogens is 326 g/mol. The van der Waals surface area contributed by atoms with Gasteiger partial charge in [-0.25, -0.2) is 4.98 Å². The number of nitrogens with one attached hydrogen (secondary N) is 3. The van der Waals surface area contributed by atoms with Gasteiger partial charge in [0.25, 0.3) is 0 Å². The van der Waals surface area contributed by atoms with Crippen molar-refractivity contribution >= 4 is 28.5 Å². The largest absolute Gasteiger partial charge is 0.368 e. The van der Waals surface area contributed by atoms with E-state index >= 15 is 0 Å². The minimum atomic E-state index is 0.232. The van der Waals surface area contributed by atoms with Crippen molar-refractivity contribution in [2.45, 2.75) is 26.2 Å². The molecule has 0 fully saturated rings. The van der Waals surface area contributed by atoms with Crippen molar-refractivity contribution in [2.24, 2.45) is 0 Å². The zero-order chi connectivity index (χ0) is 18.1. The normalized spacial score (nSPS) is 11.3. The fourth-order valence-electron chi connectivity index (χ4n) is 2.99. The monoisotopic (exact) mass is 347 g/mol. The Kier molecular flexibility index (Phi) is 4.04. The lowest BCUT2D eigenvalue weighted by atomic mass is 10.0. The summed E-state index contributed by atoms with van der Waals surface area (Å²) in [5.41, 5.74) is 10.1. The van der Waals surface area contributed by atoms with Crippen LogP contribution in [0.4, 0.5) is 17.6 Å². The molecule has 26 heavy (non-hydrogen) atoms. The number of fused-ring (bicyclic) bond motifs is 1. The van der Waals surface area contributed by atoms with Crippen LogP contribution in [0.5, 0.6) is 0 Å². The Morgan fingerprint density at radius 1 is 1.19 bits per heavy atom. The van der Waals surface area contributed by atoms with Crippen LogP contribution in [0, 0.1) is 0 Å². The first-order chi connectivity index (χ1) is 12.6. The molecule has 0 bridgehead atoms. The van der Waals surface area contributed by atoms with Gasteiger partial charge in [-0.15, -0.1) is 0 Å². The van der Waals surface area contributed by atoms with Crippen LogP contribution in [0.15, 0.2) is 42.7 Å². The molecule has 0 aliphatic heterocycles. The van der Waals surface area contributed by atoms with E-state index < -0.39 is 0 Å². The van der Waals surface area contributed by atoms with Crippen LogP contribution in [0.1, 0.15) is 36.6 Å². The maximum Gasteiger partial charge on any atom is 0.221 e. The summed E-state index contributed by atoms with van der Waals surface area (Å²) in [6.45, 7) is 4.23. The molecule has 5 N–H and O–H groups in total. The highest BCUT2D eigenvalue weighted by atomic mass is 15.2. The summed E-state index contributed by atoms with van der Waals surface area (Å²) in [7, 11) is 0. The number of nitrogen functional groups attached to an aromatic ring is 1. The summed E-state index contributed by atoms with van der Waals surface area (Å²) >= 11 is 0. The number of hydrogen-bond acceptors (Lipinski definition) is 5. The summed E-state index contributed by atoms with van der Waals surface area (Å²) in [5.74, 6) is 2.00. The fourth-order valence-corrected chi connectivity index (χ4v) is 2.99. The standard InChI is InChI=1S/C19H21N7/c1-11(2)16-9-17(26-25-16)23-18-13(10-22-19(20)24-18)8-12-4-3-5-15-14(12)6-7-21-15/h3-7,9-11,21H,8H2,1-2H3,(H4,20,22,23,24,25,26). The lowest BCUT2D eigenvalue weighted by molar-refractivity contribution is 0.811. The van der Waals surface area contributed by atoms with Gasteiger partial charge in [-0.2, -0.15) is 10.1 Å². The number of rotatable bonds is 5. The number of benzene rings is 1. The van der Waals surface area contributed by atoms with Crippen LogP contribution in [-0.4, -0.2) is 25.1 Å². The lowest BCUT2D eigenvalue weighted by Gasteiger charge is -2.10. The van der Waals surface area contributed by atoms with Crippen LogP contribution in [0.2, 0.25) is 0 Å². The van der Waals surface area contributed by atoms with Crippen molar-refractivity contribution in [3.63, 3.8) is 0 Å². The third-order valence-corrected chi connectivity index (χ3v) is 4.42. The molecule has 7 nitrogen and oxygen atoms in total. The average molecular weight is 347 g/mol. The summed E-state index contributed by atoms with van der Waals surface area (Å²) in [6.07, 6.45) is 4.41. The summed E-state index contributed by atoms with van der Waals surface area (Å²) in [5, 5.41) is 11.8. The van der Waals surface area contributed by atoms with Gasteiger partial charge in [-0.05, 0) is 23.6 Å². The number of nitrogens with two attached hydrogens (primary N) is 1. The molecule has 0 aliphatic carbocycles. The van der Waals surface area contributed by atoms with Crippen molar-refractivity contribution in [1.82, 2.24) is 25.1 Å². The summed E-state index contributed by atoms with van der Waals surface area (Å²) < 4.78 is 0. The van der Waals surface area contributed by atoms with Crippen molar-refractivity contribution in [3.8, 4) is 0 Å². The molecule has 0 amide bonds. The maximum atomic E-state index is 5.81. The number of anilines is 3. The van der Waals surface area contributed by atoms with Crippen molar-refractivity contribution in [2.75, 3.05) is 11.1 Å². The number of aromatic amines is 2. The second-order valence-corrected chi connectivity index (χ2v) is 6.62. The van der Waals surface area contributed by atoms with Crippen LogP contribution < -0.4 is 11.1 Å². The van der Waals surface area contributed by atoms with Crippen molar-refractivity contribution < 1.29 is 0 Å². The molecule has 3 heterocycles. The first kappa shape index (κ1) is 16.1. The quantitative estimate of drug-likeness (QED) is 0.440. The second-order valence-electron chi connectivity index (χ2n) is 6.62. The average Bonchev–Trinajstić information content (AvgIpc) is 3.27. The van der Waals surface area contributed by atoms with E-state index in [-0.39, 0.29) is 5.95 Å². The number of aromatic nitrogens is 5. The van der Waals surface area contributed by atoms with E-state index in [2.05, 4.69) is 62.5 Å². The molecule has 0 saturated carbocycles. The summed E-state index contributed by atoms with van der Waals surface area (Å²) in [4.78, 5) is 11.8. The smallest absolute Gasteiger partial charge is 0.221 e. The first-order valence-electron chi connectivity index (χ1n) is 8.59. The number of hydrogen-bond donors (Lipinski definition) is 4. The van der Waals surface area contributed by atoms with Crippen LogP contribution in [-0.2, 0) is 6.42 Å². The SMILES string of the molecule is CC(C)c1cc(Nc2nc(N)ncc2Cc2cccc3[nH]ccc23)n[nH]1. The molecule has 4 aromatic rings. The third kappa shape index (κ3) is 3.11. The van der Waals surface area contributed by atoms with E-state index in [4.69, 9.17) is 5.73 Å². The van der Waals surface area contributed by atoms with E-state index in [0.717, 1.165) is 16.8 Å². The molecule has 4 rings (SSSR count).